The molecular weight excluding hydrogens is 249 g/mol. The molecule has 0 atom stereocenters. The van der Waals surface area contributed by atoms with E-state index in [9.17, 15) is 9.18 Å². The first-order valence-corrected chi connectivity index (χ1v) is 6.67. The molecular formula is C14H14FNOS. The molecule has 0 saturated carbocycles. The van der Waals surface area contributed by atoms with Gasteiger partial charge in [-0.15, -0.1) is 0 Å². The summed E-state index contributed by atoms with van der Waals surface area (Å²) in [7, 11) is 0. The van der Waals surface area contributed by atoms with E-state index in [0.717, 1.165) is 6.42 Å². The molecule has 0 radical (unpaired) electrons. The quantitative estimate of drug-likeness (QED) is 0.902. The van der Waals surface area contributed by atoms with Gasteiger partial charge in [0.1, 0.15) is 5.82 Å². The molecule has 18 heavy (non-hydrogen) atoms. The molecule has 1 aromatic heterocycles. The van der Waals surface area contributed by atoms with Gasteiger partial charge in [-0.2, -0.15) is 11.3 Å². The third kappa shape index (κ3) is 2.96. The van der Waals surface area contributed by atoms with Gasteiger partial charge in [0.15, 0.2) is 0 Å². The lowest BCUT2D eigenvalue weighted by molar-refractivity contribution is 0.0950. The lowest BCUT2D eigenvalue weighted by Gasteiger charge is -2.06. The molecule has 0 saturated heterocycles. The van der Waals surface area contributed by atoms with E-state index in [4.69, 9.17) is 0 Å². The molecule has 4 heteroatoms. The van der Waals surface area contributed by atoms with Gasteiger partial charge >= 0.3 is 0 Å². The van der Waals surface area contributed by atoms with Gasteiger partial charge in [-0.3, -0.25) is 4.79 Å². The van der Waals surface area contributed by atoms with Crippen LogP contribution in [-0.2, 0) is 6.42 Å². The van der Waals surface area contributed by atoms with Crippen molar-refractivity contribution >= 4 is 17.2 Å². The number of halogens is 1. The maximum Gasteiger partial charge on any atom is 0.254 e. The highest BCUT2D eigenvalue weighted by Gasteiger charge is 2.12. The summed E-state index contributed by atoms with van der Waals surface area (Å²) < 4.78 is 13.7. The summed E-state index contributed by atoms with van der Waals surface area (Å²) >= 11 is 1.63. The summed E-state index contributed by atoms with van der Waals surface area (Å²) in [5.41, 5.74) is 1.78. The van der Waals surface area contributed by atoms with Crippen LogP contribution in [0.3, 0.4) is 0 Å². The first-order valence-electron chi connectivity index (χ1n) is 5.73. The van der Waals surface area contributed by atoms with E-state index in [1.54, 1.807) is 30.4 Å². The molecule has 1 aromatic carbocycles. The normalized spacial score (nSPS) is 10.3. The fraction of sp³-hybridized carbons (Fsp3) is 0.214. The number of nitrogens with one attached hydrogen (secondary N) is 1. The summed E-state index contributed by atoms with van der Waals surface area (Å²) in [5, 5.41) is 6.77. The van der Waals surface area contributed by atoms with Crippen LogP contribution in [0.25, 0.3) is 0 Å². The highest BCUT2D eigenvalue weighted by molar-refractivity contribution is 7.07. The largest absolute Gasteiger partial charge is 0.352 e. The van der Waals surface area contributed by atoms with E-state index in [1.165, 1.54) is 11.6 Å². The van der Waals surface area contributed by atoms with Gasteiger partial charge in [-0.05, 0) is 47.4 Å². The molecule has 2 rings (SSSR count). The number of aryl methyl sites for hydroxylation is 1. The molecule has 0 aliphatic carbocycles. The van der Waals surface area contributed by atoms with Crippen molar-refractivity contribution in [3.05, 3.63) is 57.5 Å². The van der Waals surface area contributed by atoms with E-state index in [0.29, 0.717) is 12.1 Å². The zero-order valence-electron chi connectivity index (χ0n) is 10.1. The van der Waals surface area contributed by atoms with Gasteiger partial charge in [-0.1, -0.05) is 12.1 Å². The van der Waals surface area contributed by atoms with Crippen molar-refractivity contribution < 1.29 is 9.18 Å². The first-order chi connectivity index (χ1) is 8.68. The van der Waals surface area contributed by atoms with E-state index in [-0.39, 0.29) is 11.5 Å². The second kappa shape index (κ2) is 5.78. The van der Waals surface area contributed by atoms with Gasteiger partial charge in [0, 0.05) is 6.54 Å². The van der Waals surface area contributed by atoms with Crippen molar-refractivity contribution in [2.24, 2.45) is 0 Å². The van der Waals surface area contributed by atoms with E-state index < -0.39 is 5.82 Å². The molecule has 94 valence electrons. The molecule has 1 N–H and O–H groups in total. The second-order valence-electron chi connectivity index (χ2n) is 4.07. The van der Waals surface area contributed by atoms with Crippen LogP contribution >= 0.6 is 11.3 Å². The first kappa shape index (κ1) is 12.8. The minimum absolute atomic E-state index is 0.111. The van der Waals surface area contributed by atoms with Gasteiger partial charge in [0.05, 0.1) is 5.56 Å². The summed E-state index contributed by atoms with van der Waals surface area (Å²) in [4.78, 5) is 11.8. The zero-order valence-corrected chi connectivity index (χ0v) is 10.9. The molecule has 0 unspecified atom stereocenters. The maximum absolute atomic E-state index is 13.7. The zero-order chi connectivity index (χ0) is 13.0. The summed E-state index contributed by atoms with van der Waals surface area (Å²) in [5.74, 6) is -0.794. The number of hydrogen-bond donors (Lipinski definition) is 1. The second-order valence-corrected chi connectivity index (χ2v) is 4.85. The molecule has 2 nitrogen and oxygen atoms in total. The molecule has 0 spiro atoms. The van der Waals surface area contributed by atoms with Gasteiger partial charge < -0.3 is 5.32 Å². The summed E-state index contributed by atoms with van der Waals surface area (Å²) in [6.07, 6.45) is 0.767. The van der Waals surface area contributed by atoms with Crippen molar-refractivity contribution in [2.45, 2.75) is 13.3 Å². The predicted molar refractivity (Wildman–Crippen MR) is 71.5 cm³/mol. The Kier molecular flexibility index (Phi) is 4.10. The van der Waals surface area contributed by atoms with Crippen molar-refractivity contribution in [2.75, 3.05) is 6.54 Å². The van der Waals surface area contributed by atoms with Crippen LogP contribution < -0.4 is 5.32 Å². The molecule has 0 aliphatic rings. The Labute approximate surface area is 109 Å². The standard InChI is InChI=1S/C14H14FNOS/c1-10-3-2-4-12(13(10)15)14(17)16-7-5-11-6-8-18-9-11/h2-4,6,8-9H,5,7H2,1H3,(H,16,17). The molecule has 0 aliphatic heterocycles. The van der Waals surface area contributed by atoms with Crippen molar-refractivity contribution in [1.82, 2.24) is 5.32 Å². The molecule has 2 aromatic rings. The highest BCUT2D eigenvalue weighted by atomic mass is 32.1. The smallest absolute Gasteiger partial charge is 0.254 e. The van der Waals surface area contributed by atoms with Crippen LogP contribution in [0.1, 0.15) is 21.5 Å². The van der Waals surface area contributed by atoms with E-state index >= 15 is 0 Å². The van der Waals surface area contributed by atoms with Crippen molar-refractivity contribution in [3.63, 3.8) is 0 Å². The SMILES string of the molecule is Cc1cccc(C(=O)NCCc2ccsc2)c1F. The average molecular weight is 263 g/mol. The van der Waals surface area contributed by atoms with Crippen LogP contribution in [0.4, 0.5) is 4.39 Å². The summed E-state index contributed by atoms with van der Waals surface area (Å²) in [6, 6.07) is 6.86. The number of amides is 1. The number of carbonyl (C=O) groups excluding carboxylic acids is 1. The fourth-order valence-corrected chi connectivity index (χ4v) is 2.38. The van der Waals surface area contributed by atoms with Gasteiger partial charge in [-0.25, -0.2) is 4.39 Å². The van der Waals surface area contributed by atoms with Crippen LogP contribution in [0.2, 0.25) is 0 Å². The lowest BCUT2D eigenvalue weighted by atomic mass is 10.1. The third-order valence-corrected chi connectivity index (χ3v) is 3.45. The number of hydrogen-bond acceptors (Lipinski definition) is 2. The minimum Gasteiger partial charge on any atom is -0.352 e. The highest BCUT2D eigenvalue weighted by Crippen LogP contribution is 2.11. The Morgan fingerprint density at radius 1 is 1.39 bits per heavy atom. The monoisotopic (exact) mass is 263 g/mol. The Bertz CT molecular complexity index is 537. The molecule has 0 bridgehead atoms. The van der Waals surface area contributed by atoms with Crippen LogP contribution in [0.15, 0.2) is 35.0 Å². The van der Waals surface area contributed by atoms with E-state index in [2.05, 4.69) is 5.32 Å². The number of rotatable bonds is 4. The Hall–Kier alpha value is -1.68. The Morgan fingerprint density at radius 3 is 2.94 bits per heavy atom. The predicted octanol–water partition coefficient (Wildman–Crippen LogP) is 3.17. The minimum atomic E-state index is -0.439. The average Bonchev–Trinajstić information content (AvgIpc) is 2.85. The molecule has 1 amide bonds. The number of thiophene rings is 1. The van der Waals surface area contributed by atoms with Crippen LogP contribution in [-0.4, -0.2) is 12.5 Å². The van der Waals surface area contributed by atoms with Crippen LogP contribution in [0.5, 0.6) is 0 Å². The molecule has 1 heterocycles. The third-order valence-electron chi connectivity index (χ3n) is 2.72. The fourth-order valence-electron chi connectivity index (χ4n) is 1.67. The molecule has 0 fully saturated rings. The van der Waals surface area contributed by atoms with Gasteiger partial charge in [0.25, 0.3) is 5.91 Å². The van der Waals surface area contributed by atoms with Gasteiger partial charge in [0.2, 0.25) is 0 Å². The Balaban J connectivity index is 1.93. The maximum atomic E-state index is 13.7. The van der Waals surface area contributed by atoms with Crippen molar-refractivity contribution in [1.29, 1.82) is 0 Å². The number of carbonyl (C=O) groups is 1. The van der Waals surface area contributed by atoms with Crippen LogP contribution in [0, 0.1) is 12.7 Å². The topological polar surface area (TPSA) is 29.1 Å². The number of benzene rings is 1. The summed E-state index contributed by atoms with van der Waals surface area (Å²) in [6.45, 7) is 2.17. The van der Waals surface area contributed by atoms with E-state index in [1.807, 2.05) is 16.8 Å². The van der Waals surface area contributed by atoms with Crippen molar-refractivity contribution in [3.8, 4) is 0 Å². The Morgan fingerprint density at radius 2 is 2.22 bits per heavy atom. The lowest BCUT2D eigenvalue weighted by Crippen LogP contribution is -2.26.